The Balaban J connectivity index is 3.01. The molecule has 1 aromatic heterocycles. The van der Waals surface area contributed by atoms with Crippen molar-refractivity contribution in [1.29, 1.82) is 0 Å². The first kappa shape index (κ1) is 27.3. The summed E-state index contributed by atoms with van der Waals surface area (Å²) in [5.41, 5.74) is 0.0847. The number of aliphatic hydroxyl groups excluding tert-OH is 4. The summed E-state index contributed by atoms with van der Waals surface area (Å²) in [6.07, 6.45) is -6.14. The summed E-state index contributed by atoms with van der Waals surface area (Å²) in [5.74, 6) is -7.02. The highest BCUT2D eigenvalue weighted by atomic mass is 16.5. The lowest BCUT2D eigenvalue weighted by Gasteiger charge is -2.29. The molecule has 0 saturated carbocycles. The zero-order valence-electron chi connectivity index (χ0n) is 16.8. The average molecular weight is 462 g/mol. The predicted octanol–water partition coefficient (Wildman–Crippen LogP) is -2.84. The Bertz CT molecular complexity index is 757. The van der Waals surface area contributed by atoms with Crippen LogP contribution in [0.1, 0.15) is 30.1 Å². The molecule has 32 heavy (non-hydrogen) atoms. The molecular weight excluding hydrogens is 436 g/mol. The van der Waals surface area contributed by atoms with E-state index in [9.17, 15) is 39.9 Å². The van der Waals surface area contributed by atoms with Gasteiger partial charge in [-0.2, -0.15) is 0 Å². The van der Waals surface area contributed by atoms with Crippen LogP contribution >= 0.6 is 0 Å². The lowest BCUT2D eigenvalue weighted by atomic mass is 9.84. The first-order valence-electron chi connectivity index (χ1n) is 9.37. The Morgan fingerprint density at radius 2 is 1.53 bits per heavy atom. The van der Waals surface area contributed by atoms with Gasteiger partial charge in [-0.25, -0.2) is 4.79 Å². The first-order chi connectivity index (χ1) is 15.0. The molecule has 1 rings (SSSR count). The van der Waals surface area contributed by atoms with Crippen LogP contribution < -0.4 is 0 Å². The Morgan fingerprint density at radius 1 is 0.906 bits per heavy atom. The summed E-state index contributed by atoms with van der Waals surface area (Å²) >= 11 is 0. The highest BCUT2D eigenvalue weighted by molar-refractivity contribution is 5.69. The quantitative estimate of drug-likeness (QED) is 0.122. The maximum absolute atomic E-state index is 11.2. The van der Waals surface area contributed by atoms with E-state index in [0.29, 0.717) is 0 Å². The lowest BCUT2D eigenvalue weighted by molar-refractivity contribution is -0.155. The van der Waals surface area contributed by atoms with Crippen LogP contribution in [0.5, 0.6) is 0 Å². The van der Waals surface area contributed by atoms with E-state index in [0.717, 1.165) is 12.4 Å². The second-order valence-electron chi connectivity index (χ2n) is 7.00. The predicted molar refractivity (Wildman–Crippen MR) is 101 cm³/mol. The Labute approximate surface area is 181 Å². The molecule has 0 amide bonds. The van der Waals surface area contributed by atoms with Crippen molar-refractivity contribution in [2.75, 3.05) is 13.2 Å². The number of carboxylic acid groups (broad SMARTS) is 3. The highest BCUT2D eigenvalue weighted by Gasteiger charge is 2.36. The number of carbonyl (C=O) groups is 3. The molecule has 0 fully saturated rings. The third kappa shape index (κ3) is 8.78. The van der Waals surface area contributed by atoms with Crippen LogP contribution in [0.25, 0.3) is 0 Å². The molecule has 0 aliphatic heterocycles. The second-order valence-corrected chi connectivity index (χ2v) is 7.00. The minimum Gasteiger partial charge on any atom is -0.481 e. The van der Waals surface area contributed by atoms with Crippen LogP contribution in [0.4, 0.5) is 0 Å². The summed E-state index contributed by atoms with van der Waals surface area (Å²) < 4.78 is 4.86. The van der Waals surface area contributed by atoms with Crippen LogP contribution in [-0.2, 0) is 25.5 Å². The van der Waals surface area contributed by atoms with Crippen molar-refractivity contribution in [3.63, 3.8) is 0 Å². The van der Waals surface area contributed by atoms with Gasteiger partial charge in [-0.05, 0) is 0 Å². The molecule has 14 heteroatoms. The number of aliphatic hydroxyl groups is 5. The van der Waals surface area contributed by atoms with Gasteiger partial charge in [0, 0.05) is 30.7 Å². The number of aromatic nitrogens is 2. The van der Waals surface area contributed by atoms with Crippen molar-refractivity contribution in [1.82, 2.24) is 9.97 Å². The van der Waals surface area contributed by atoms with Crippen LogP contribution in [0.2, 0.25) is 0 Å². The van der Waals surface area contributed by atoms with Gasteiger partial charge in [-0.15, -0.1) is 0 Å². The van der Waals surface area contributed by atoms with Crippen molar-refractivity contribution in [2.45, 2.75) is 49.8 Å². The minimum absolute atomic E-state index is 0.0741. The molecule has 5 atom stereocenters. The van der Waals surface area contributed by atoms with Crippen molar-refractivity contribution in [3.8, 4) is 0 Å². The number of carboxylic acids is 3. The molecule has 0 saturated heterocycles. The number of aliphatic carboxylic acids is 3. The van der Waals surface area contributed by atoms with Crippen LogP contribution in [0.15, 0.2) is 12.4 Å². The number of ether oxygens (including phenoxy) is 1. The molecule has 0 bridgehead atoms. The summed E-state index contributed by atoms with van der Waals surface area (Å²) in [6, 6.07) is 0. The Kier molecular flexibility index (Phi) is 11.0. The van der Waals surface area contributed by atoms with E-state index in [2.05, 4.69) is 9.97 Å². The van der Waals surface area contributed by atoms with Crippen molar-refractivity contribution < 1.29 is 60.0 Å². The van der Waals surface area contributed by atoms with Crippen molar-refractivity contribution >= 4 is 17.9 Å². The van der Waals surface area contributed by atoms with Gasteiger partial charge in [0.2, 0.25) is 0 Å². The van der Waals surface area contributed by atoms with Gasteiger partial charge in [0.25, 0.3) is 0 Å². The molecule has 0 aliphatic carbocycles. The van der Waals surface area contributed by atoms with E-state index < -0.39 is 80.4 Å². The van der Waals surface area contributed by atoms with Crippen molar-refractivity contribution in [2.24, 2.45) is 5.92 Å². The zero-order valence-corrected chi connectivity index (χ0v) is 16.8. The summed E-state index contributed by atoms with van der Waals surface area (Å²) in [4.78, 5) is 40.7. The summed E-state index contributed by atoms with van der Waals surface area (Å²) in [6.45, 7) is -1.41. The number of hydrogen-bond donors (Lipinski definition) is 8. The maximum atomic E-state index is 11.2. The number of hydrogen-bond acceptors (Lipinski definition) is 11. The van der Waals surface area contributed by atoms with Gasteiger partial charge < -0.3 is 45.6 Å². The second kappa shape index (κ2) is 12.9. The van der Waals surface area contributed by atoms with E-state index in [1.165, 1.54) is 0 Å². The molecule has 180 valence electrons. The fraction of sp³-hybridized carbons (Fsp3) is 0.611. The molecule has 0 aromatic carbocycles. The molecule has 0 unspecified atom stereocenters. The normalized spacial score (nSPS) is 16.2. The van der Waals surface area contributed by atoms with Crippen LogP contribution in [-0.4, -0.2) is 107 Å². The maximum Gasteiger partial charge on any atom is 0.329 e. The van der Waals surface area contributed by atoms with E-state index in [1.807, 2.05) is 0 Å². The number of nitrogens with zero attached hydrogens (tertiary/aromatic N) is 2. The van der Waals surface area contributed by atoms with Crippen LogP contribution in [0, 0.1) is 5.92 Å². The van der Waals surface area contributed by atoms with Gasteiger partial charge in [-0.3, -0.25) is 19.6 Å². The average Bonchev–Trinajstić information content (AvgIpc) is 2.70. The third-order valence-electron chi connectivity index (χ3n) is 4.59. The van der Waals surface area contributed by atoms with Gasteiger partial charge >= 0.3 is 17.9 Å². The van der Waals surface area contributed by atoms with E-state index >= 15 is 0 Å². The largest absolute Gasteiger partial charge is 0.481 e. The van der Waals surface area contributed by atoms with Crippen molar-refractivity contribution in [3.05, 3.63) is 23.8 Å². The van der Waals surface area contributed by atoms with E-state index in [1.54, 1.807) is 0 Å². The highest BCUT2D eigenvalue weighted by Crippen LogP contribution is 2.29. The van der Waals surface area contributed by atoms with Crippen LogP contribution in [0.3, 0.4) is 0 Å². The van der Waals surface area contributed by atoms with E-state index in [-0.39, 0.29) is 17.8 Å². The number of rotatable bonds is 15. The lowest BCUT2D eigenvalue weighted by Crippen LogP contribution is -2.38. The standard InChI is InChI=1S/C18H26N2O12/c21-6-13(32-7-16(27)28)12(22)1-8-4-20-11(5-19-8)9(2-14(23)24)17(29)10(18(30)31)3-15(25)26/h4-5,9-10,12-13,17-18,21-22,29-31H,1-3,6-7H2,(H,23,24)(H,25,26)(H,27,28)/t9-,10-,12+,13-,17+/m1/s1. The molecular formula is C18H26N2O12. The zero-order chi connectivity index (χ0) is 24.4. The van der Waals surface area contributed by atoms with Gasteiger partial charge in [-0.1, -0.05) is 0 Å². The van der Waals surface area contributed by atoms with E-state index in [4.69, 9.17) is 20.1 Å². The SMILES string of the molecule is O=C(O)CO[C@H](CO)[C@@H](O)Cc1cnc([C@@H](CC(=O)O)[C@H](O)[C@@H](CC(=O)O)C(O)O)cn1. The molecule has 0 spiro atoms. The first-order valence-corrected chi connectivity index (χ1v) is 9.37. The van der Waals surface area contributed by atoms with Gasteiger partial charge in [0.05, 0.1) is 43.0 Å². The fourth-order valence-electron chi connectivity index (χ4n) is 2.96. The molecule has 1 aromatic rings. The fourth-order valence-corrected chi connectivity index (χ4v) is 2.96. The Morgan fingerprint density at radius 3 is 1.97 bits per heavy atom. The summed E-state index contributed by atoms with van der Waals surface area (Å²) in [5, 5.41) is 75.3. The molecule has 1 heterocycles. The molecule has 8 N–H and O–H groups in total. The molecule has 0 aliphatic rings. The topological polar surface area (TPSA) is 248 Å². The summed E-state index contributed by atoms with van der Waals surface area (Å²) in [7, 11) is 0. The minimum atomic E-state index is -2.24. The van der Waals surface area contributed by atoms with Gasteiger partial charge in [0.1, 0.15) is 12.7 Å². The van der Waals surface area contributed by atoms with Gasteiger partial charge in [0.15, 0.2) is 6.29 Å². The smallest absolute Gasteiger partial charge is 0.329 e. The third-order valence-corrected chi connectivity index (χ3v) is 4.59. The monoisotopic (exact) mass is 462 g/mol. The molecule has 14 nitrogen and oxygen atoms in total. The Hall–Kier alpha value is -2.75. The molecule has 0 radical (unpaired) electrons.